The molecule has 0 bridgehead atoms. The lowest BCUT2D eigenvalue weighted by atomic mass is 10.1. The van der Waals surface area contributed by atoms with Crippen molar-refractivity contribution in [2.45, 2.75) is 32.6 Å². The molecule has 0 spiro atoms. The Morgan fingerprint density at radius 3 is 3.09 bits per heavy atom. The van der Waals surface area contributed by atoms with Gasteiger partial charge in [-0.15, -0.1) is 0 Å². The molecule has 0 aromatic carbocycles. The van der Waals surface area contributed by atoms with Gasteiger partial charge in [0.05, 0.1) is 0 Å². The maximum absolute atomic E-state index is 4.20. The maximum atomic E-state index is 4.20. The monoisotopic (exact) mass is 152 g/mol. The zero-order valence-electron chi connectivity index (χ0n) is 7.38. The van der Waals surface area contributed by atoms with Crippen molar-refractivity contribution < 1.29 is 0 Å². The third-order valence-corrected chi connectivity index (χ3v) is 1.92. The van der Waals surface area contributed by atoms with Gasteiger partial charge in [0.1, 0.15) is 0 Å². The molecular formula is C9H16N2. The third kappa shape index (κ3) is 2.37. The van der Waals surface area contributed by atoms with Crippen LogP contribution in [-0.4, -0.2) is 18.3 Å². The summed E-state index contributed by atoms with van der Waals surface area (Å²) >= 11 is 0. The predicted molar refractivity (Wildman–Crippen MR) is 48.5 cm³/mol. The molecule has 11 heavy (non-hydrogen) atoms. The van der Waals surface area contributed by atoms with Crippen LogP contribution in [0.25, 0.3) is 0 Å². The van der Waals surface area contributed by atoms with Gasteiger partial charge in [0.15, 0.2) is 0 Å². The number of hydrazone groups is 1. The summed E-state index contributed by atoms with van der Waals surface area (Å²) in [5.74, 6) is 0. The van der Waals surface area contributed by atoms with Crippen LogP contribution in [0.2, 0.25) is 0 Å². The molecule has 0 aliphatic carbocycles. The zero-order valence-corrected chi connectivity index (χ0v) is 7.38. The predicted octanol–water partition coefficient (Wildman–Crippen LogP) is 2.38. The minimum absolute atomic E-state index is 1.00. The first-order valence-corrected chi connectivity index (χ1v) is 4.29. The SMILES string of the molecule is CCCCC1=CCC=NN1C. The van der Waals surface area contributed by atoms with E-state index >= 15 is 0 Å². The second-order valence-electron chi connectivity index (χ2n) is 2.86. The van der Waals surface area contributed by atoms with E-state index in [2.05, 4.69) is 18.1 Å². The van der Waals surface area contributed by atoms with Gasteiger partial charge in [-0.3, -0.25) is 5.01 Å². The Balaban J connectivity index is 2.37. The number of hydrogen-bond donors (Lipinski definition) is 0. The fourth-order valence-corrected chi connectivity index (χ4v) is 1.19. The summed E-state index contributed by atoms with van der Waals surface area (Å²) in [7, 11) is 2.01. The van der Waals surface area contributed by atoms with Gasteiger partial charge in [-0.05, 0) is 12.8 Å². The molecule has 0 N–H and O–H groups in total. The van der Waals surface area contributed by atoms with E-state index in [1.165, 1.54) is 25.0 Å². The van der Waals surface area contributed by atoms with Crippen molar-refractivity contribution in [2.75, 3.05) is 7.05 Å². The van der Waals surface area contributed by atoms with Gasteiger partial charge in [-0.2, -0.15) is 5.10 Å². The number of rotatable bonds is 3. The summed E-state index contributed by atoms with van der Waals surface area (Å²) in [6.45, 7) is 2.21. The van der Waals surface area contributed by atoms with E-state index in [0.717, 1.165) is 6.42 Å². The molecule has 2 nitrogen and oxygen atoms in total. The lowest BCUT2D eigenvalue weighted by molar-refractivity contribution is 0.416. The Labute approximate surface area is 68.6 Å². The van der Waals surface area contributed by atoms with E-state index in [0.29, 0.717) is 0 Å². The highest BCUT2D eigenvalue weighted by Gasteiger charge is 2.03. The third-order valence-electron chi connectivity index (χ3n) is 1.92. The standard InChI is InChI=1S/C9H16N2/c1-3-4-6-9-7-5-8-10-11(9)2/h7-8H,3-6H2,1-2H3. The van der Waals surface area contributed by atoms with Crippen molar-refractivity contribution in [3.8, 4) is 0 Å². The molecule has 0 fully saturated rings. The highest BCUT2D eigenvalue weighted by molar-refractivity contribution is 5.60. The number of unbranched alkanes of at least 4 members (excludes halogenated alkanes) is 1. The van der Waals surface area contributed by atoms with Gasteiger partial charge < -0.3 is 0 Å². The molecule has 1 heterocycles. The minimum Gasteiger partial charge on any atom is -0.273 e. The van der Waals surface area contributed by atoms with Gasteiger partial charge in [0.2, 0.25) is 0 Å². The number of hydrogen-bond acceptors (Lipinski definition) is 2. The molecule has 0 radical (unpaired) electrons. The molecule has 0 amide bonds. The van der Waals surface area contributed by atoms with Gasteiger partial charge in [-0.1, -0.05) is 19.4 Å². The number of nitrogens with zero attached hydrogens (tertiary/aromatic N) is 2. The van der Waals surface area contributed by atoms with Gasteiger partial charge >= 0.3 is 0 Å². The van der Waals surface area contributed by atoms with Crippen molar-refractivity contribution in [1.29, 1.82) is 0 Å². The van der Waals surface area contributed by atoms with Crippen molar-refractivity contribution in [1.82, 2.24) is 5.01 Å². The van der Waals surface area contributed by atoms with Crippen LogP contribution in [0.3, 0.4) is 0 Å². The number of allylic oxidation sites excluding steroid dienone is 2. The lowest BCUT2D eigenvalue weighted by Crippen LogP contribution is -2.13. The molecule has 2 heteroatoms. The Kier molecular flexibility index (Phi) is 3.14. The van der Waals surface area contributed by atoms with E-state index in [4.69, 9.17) is 0 Å². The van der Waals surface area contributed by atoms with Crippen LogP contribution in [-0.2, 0) is 0 Å². The van der Waals surface area contributed by atoms with Gasteiger partial charge in [-0.25, -0.2) is 0 Å². The molecule has 1 aliphatic heterocycles. The molecular weight excluding hydrogens is 136 g/mol. The molecule has 1 aliphatic rings. The van der Waals surface area contributed by atoms with Gasteiger partial charge in [0.25, 0.3) is 0 Å². The second kappa shape index (κ2) is 4.16. The summed E-state index contributed by atoms with van der Waals surface area (Å²) in [6, 6.07) is 0. The van der Waals surface area contributed by atoms with E-state index in [9.17, 15) is 0 Å². The summed E-state index contributed by atoms with van der Waals surface area (Å²) < 4.78 is 0. The van der Waals surface area contributed by atoms with Crippen LogP contribution in [0.5, 0.6) is 0 Å². The summed E-state index contributed by atoms with van der Waals surface area (Å²) in [4.78, 5) is 0. The van der Waals surface area contributed by atoms with E-state index < -0.39 is 0 Å². The fraction of sp³-hybridized carbons (Fsp3) is 0.667. The molecule has 0 aromatic heterocycles. The quantitative estimate of drug-likeness (QED) is 0.606. The zero-order chi connectivity index (χ0) is 8.10. The Bertz CT molecular complexity index is 170. The average molecular weight is 152 g/mol. The highest BCUT2D eigenvalue weighted by atomic mass is 15.4. The Morgan fingerprint density at radius 1 is 1.64 bits per heavy atom. The first-order chi connectivity index (χ1) is 5.34. The summed E-state index contributed by atoms with van der Waals surface area (Å²) in [6.07, 6.45) is 8.90. The van der Waals surface area contributed by atoms with Crippen molar-refractivity contribution in [3.05, 3.63) is 11.8 Å². The van der Waals surface area contributed by atoms with Crippen LogP contribution in [0.15, 0.2) is 16.9 Å². The van der Waals surface area contributed by atoms with Crippen molar-refractivity contribution in [3.63, 3.8) is 0 Å². The smallest absolute Gasteiger partial charge is 0.0328 e. The summed E-state index contributed by atoms with van der Waals surface area (Å²) in [5.41, 5.74) is 1.37. The molecule has 0 saturated carbocycles. The van der Waals surface area contributed by atoms with Gasteiger partial charge in [0, 0.05) is 25.4 Å². The normalized spacial score (nSPS) is 16.9. The fourth-order valence-electron chi connectivity index (χ4n) is 1.19. The molecule has 0 aromatic rings. The maximum Gasteiger partial charge on any atom is 0.0328 e. The van der Waals surface area contributed by atoms with Crippen LogP contribution >= 0.6 is 0 Å². The lowest BCUT2D eigenvalue weighted by Gasteiger charge is -2.19. The van der Waals surface area contributed by atoms with Crippen molar-refractivity contribution >= 4 is 6.21 Å². The van der Waals surface area contributed by atoms with Crippen molar-refractivity contribution in [2.24, 2.45) is 5.10 Å². The first-order valence-electron chi connectivity index (χ1n) is 4.29. The Morgan fingerprint density at radius 2 is 2.45 bits per heavy atom. The second-order valence-corrected chi connectivity index (χ2v) is 2.86. The molecule has 0 atom stereocenters. The average Bonchev–Trinajstić information content (AvgIpc) is 2.03. The van der Waals surface area contributed by atoms with E-state index in [-0.39, 0.29) is 0 Å². The van der Waals surface area contributed by atoms with Crippen LogP contribution in [0.1, 0.15) is 32.6 Å². The first kappa shape index (κ1) is 8.31. The molecule has 1 rings (SSSR count). The Hall–Kier alpha value is -0.790. The van der Waals surface area contributed by atoms with Crippen LogP contribution in [0, 0.1) is 0 Å². The molecule has 0 saturated heterocycles. The topological polar surface area (TPSA) is 15.6 Å². The minimum atomic E-state index is 1.00. The molecule has 62 valence electrons. The highest BCUT2D eigenvalue weighted by Crippen LogP contribution is 2.14. The van der Waals surface area contributed by atoms with E-state index in [1.807, 2.05) is 18.3 Å². The summed E-state index contributed by atoms with van der Waals surface area (Å²) in [5, 5.41) is 6.18. The van der Waals surface area contributed by atoms with Crippen LogP contribution in [0.4, 0.5) is 0 Å². The van der Waals surface area contributed by atoms with Crippen LogP contribution < -0.4 is 0 Å². The molecule has 0 unspecified atom stereocenters. The largest absolute Gasteiger partial charge is 0.273 e. The van der Waals surface area contributed by atoms with E-state index in [1.54, 1.807) is 0 Å².